The summed E-state index contributed by atoms with van der Waals surface area (Å²) in [5.41, 5.74) is 1.68. The van der Waals surface area contributed by atoms with Gasteiger partial charge in [-0.05, 0) is 37.2 Å². The van der Waals surface area contributed by atoms with Crippen molar-refractivity contribution in [3.8, 4) is 5.75 Å². The van der Waals surface area contributed by atoms with Gasteiger partial charge in [0.25, 0.3) is 0 Å². The predicted molar refractivity (Wildman–Crippen MR) is 113 cm³/mol. The van der Waals surface area contributed by atoms with Crippen LogP contribution in [0.3, 0.4) is 0 Å². The number of ether oxygens (including phenoxy) is 1. The molecule has 0 heterocycles. The summed E-state index contributed by atoms with van der Waals surface area (Å²) < 4.78 is 31.4. The van der Waals surface area contributed by atoms with Gasteiger partial charge in [0.15, 0.2) is 5.96 Å². The van der Waals surface area contributed by atoms with Crippen LogP contribution < -0.4 is 20.1 Å². The smallest absolute Gasteiger partial charge is 0.215 e. The summed E-state index contributed by atoms with van der Waals surface area (Å²) in [6.45, 7) is 4.32. The third-order valence-corrected chi connectivity index (χ3v) is 5.16. The van der Waals surface area contributed by atoms with E-state index in [0.717, 1.165) is 23.4 Å². The van der Waals surface area contributed by atoms with Gasteiger partial charge in [0.05, 0.1) is 18.8 Å². The van der Waals surface area contributed by atoms with E-state index in [0.29, 0.717) is 25.7 Å². The summed E-state index contributed by atoms with van der Waals surface area (Å²) in [7, 11) is -1.88. The first-order chi connectivity index (χ1) is 13.5. The van der Waals surface area contributed by atoms with Crippen LogP contribution in [-0.2, 0) is 22.3 Å². The number of para-hydroxylation sites is 1. The van der Waals surface area contributed by atoms with Crippen LogP contribution in [0.5, 0.6) is 5.75 Å². The average molecular weight is 405 g/mol. The van der Waals surface area contributed by atoms with Gasteiger partial charge in [-0.2, -0.15) is 0 Å². The lowest BCUT2D eigenvalue weighted by molar-refractivity contribution is 0.322. The zero-order valence-corrected chi connectivity index (χ0v) is 17.1. The van der Waals surface area contributed by atoms with Gasteiger partial charge in [-0.15, -0.1) is 0 Å². The van der Waals surface area contributed by atoms with Gasteiger partial charge >= 0.3 is 0 Å². The normalized spacial score (nSPS) is 11.9. The Morgan fingerprint density at radius 3 is 2.50 bits per heavy atom. The van der Waals surface area contributed by atoms with Gasteiger partial charge in [-0.25, -0.2) is 18.1 Å². The second-order valence-corrected chi connectivity index (χ2v) is 7.99. The first kappa shape index (κ1) is 21.7. The summed E-state index contributed by atoms with van der Waals surface area (Å²) in [5, 5.41) is 6.42. The Labute approximate surface area is 167 Å². The van der Waals surface area contributed by atoms with Crippen LogP contribution in [0.1, 0.15) is 18.1 Å². The molecule has 0 saturated carbocycles. The van der Waals surface area contributed by atoms with E-state index in [-0.39, 0.29) is 5.75 Å². The maximum atomic E-state index is 11.7. The Morgan fingerprint density at radius 2 is 1.79 bits per heavy atom. The zero-order chi connectivity index (χ0) is 20.2. The molecule has 0 aliphatic heterocycles. The minimum atomic E-state index is -3.29. The molecule has 2 rings (SSSR count). The number of sulfonamides is 1. The van der Waals surface area contributed by atoms with E-state index >= 15 is 0 Å². The van der Waals surface area contributed by atoms with Gasteiger partial charge in [-0.1, -0.05) is 42.5 Å². The Bertz CT molecular complexity index is 855. The standard InChI is InChI=1S/C20H28N4O3S/c1-3-22-20(23-12-13-27-19-10-5-4-6-11-19)24-15-17-8-7-9-18(14-17)16-28(25,26)21-2/h4-11,14,21H,3,12-13,15-16H2,1-2H3,(H2,22,23,24). The molecule has 0 radical (unpaired) electrons. The summed E-state index contributed by atoms with van der Waals surface area (Å²) in [6, 6.07) is 17.1. The number of rotatable bonds is 10. The number of nitrogens with zero attached hydrogens (tertiary/aromatic N) is 1. The number of benzene rings is 2. The quantitative estimate of drug-likeness (QED) is 0.319. The highest BCUT2D eigenvalue weighted by Crippen LogP contribution is 2.10. The number of guanidine groups is 1. The molecule has 0 saturated heterocycles. The van der Waals surface area contributed by atoms with Crippen molar-refractivity contribution in [3.63, 3.8) is 0 Å². The molecule has 28 heavy (non-hydrogen) atoms. The first-order valence-electron chi connectivity index (χ1n) is 9.21. The Balaban J connectivity index is 1.89. The van der Waals surface area contributed by atoms with E-state index in [1.807, 2.05) is 55.5 Å². The third kappa shape index (κ3) is 7.98. The molecule has 0 aliphatic rings. The summed E-state index contributed by atoms with van der Waals surface area (Å²) in [5.74, 6) is 1.47. The lowest BCUT2D eigenvalue weighted by Gasteiger charge is -2.12. The first-order valence-corrected chi connectivity index (χ1v) is 10.9. The molecular formula is C20H28N4O3S. The molecule has 2 aromatic rings. The molecule has 0 aliphatic carbocycles. The molecule has 0 unspecified atom stereocenters. The number of aliphatic imine (C=N–C) groups is 1. The summed E-state index contributed by atoms with van der Waals surface area (Å²) >= 11 is 0. The van der Waals surface area contributed by atoms with E-state index in [1.165, 1.54) is 7.05 Å². The lowest BCUT2D eigenvalue weighted by atomic mass is 10.1. The van der Waals surface area contributed by atoms with Gasteiger partial charge in [0, 0.05) is 6.54 Å². The topological polar surface area (TPSA) is 91.8 Å². The van der Waals surface area contributed by atoms with Crippen LogP contribution in [0.25, 0.3) is 0 Å². The van der Waals surface area contributed by atoms with Crippen molar-refractivity contribution in [2.45, 2.75) is 19.2 Å². The highest BCUT2D eigenvalue weighted by molar-refractivity contribution is 7.88. The van der Waals surface area contributed by atoms with Crippen molar-refractivity contribution in [3.05, 3.63) is 65.7 Å². The van der Waals surface area contributed by atoms with Gasteiger partial charge in [-0.3, -0.25) is 0 Å². The highest BCUT2D eigenvalue weighted by Gasteiger charge is 2.08. The van der Waals surface area contributed by atoms with E-state index in [9.17, 15) is 8.42 Å². The molecule has 152 valence electrons. The largest absolute Gasteiger partial charge is 0.492 e. The van der Waals surface area contributed by atoms with Gasteiger partial charge < -0.3 is 15.4 Å². The minimum absolute atomic E-state index is 0.0454. The molecule has 3 N–H and O–H groups in total. The molecular weight excluding hydrogens is 376 g/mol. The van der Waals surface area contributed by atoms with Crippen LogP contribution in [-0.4, -0.2) is 41.1 Å². The Morgan fingerprint density at radius 1 is 1.04 bits per heavy atom. The number of nitrogens with one attached hydrogen (secondary N) is 3. The van der Waals surface area contributed by atoms with Crippen molar-refractivity contribution in [1.82, 2.24) is 15.4 Å². The molecule has 7 nitrogen and oxygen atoms in total. The second-order valence-electron chi connectivity index (χ2n) is 6.07. The minimum Gasteiger partial charge on any atom is -0.492 e. The van der Waals surface area contributed by atoms with Crippen molar-refractivity contribution in [2.24, 2.45) is 4.99 Å². The fourth-order valence-corrected chi connectivity index (χ4v) is 3.24. The third-order valence-electron chi connectivity index (χ3n) is 3.83. The molecule has 0 bridgehead atoms. The fraction of sp³-hybridized carbons (Fsp3) is 0.350. The molecule has 2 aromatic carbocycles. The second kappa shape index (κ2) is 11.3. The maximum Gasteiger partial charge on any atom is 0.215 e. The van der Waals surface area contributed by atoms with Crippen LogP contribution >= 0.6 is 0 Å². The highest BCUT2D eigenvalue weighted by atomic mass is 32.2. The summed E-state index contributed by atoms with van der Waals surface area (Å²) in [6.07, 6.45) is 0. The zero-order valence-electron chi connectivity index (χ0n) is 16.3. The van der Waals surface area contributed by atoms with Crippen molar-refractivity contribution >= 4 is 16.0 Å². The Kier molecular flexibility index (Phi) is 8.77. The van der Waals surface area contributed by atoms with Crippen molar-refractivity contribution < 1.29 is 13.2 Å². The van der Waals surface area contributed by atoms with Gasteiger partial charge in [0.1, 0.15) is 12.4 Å². The van der Waals surface area contributed by atoms with Crippen LogP contribution in [0.15, 0.2) is 59.6 Å². The monoisotopic (exact) mass is 404 g/mol. The van der Waals surface area contributed by atoms with Crippen molar-refractivity contribution in [2.75, 3.05) is 26.7 Å². The average Bonchev–Trinajstić information content (AvgIpc) is 2.70. The van der Waals surface area contributed by atoms with E-state index < -0.39 is 10.0 Å². The lowest BCUT2D eigenvalue weighted by Crippen LogP contribution is -2.39. The van der Waals surface area contributed by atoms with Crippen molar-refractivity contribution in [1.29, 1.82) is 0 Å². The van der Waals surface area contributed by atoms with Crippen LogP contribution in [0.4, 0.5) is 0 Å². The van der Waals surface area contributed by atoms with Crippen LogP contribution in [0.2, 0.25) is 0 Å². The molecule has 0 amide bonds. The molecule has 8 heteroatoms. The number of hydrogen-bond acceptors (Lipinski definition) is 4. The summed E-state index contributed by atoms with van der Waals surface area (Å²) in [4.78, 5) is 4.56. The number of hydrogen-bond donors (Lipinski definition) is 3. The molecule has 0 fully saturated rings. The van der Waals surface area contributed by atoms with E-state index in [1.54, 1.807) is 6.07 Å². The maximum absolute atomic E-state index is 11.7. The van der Waals surface area contributed by atoms with Crippen LogP contribution in [0, 0.1) is 0 Å². The van der Waals surface area contributed by atoms with E-state index in [4.69, 9.17) is 4.74 Å². The SMILES string of the molecule is CCNC(=NCc1cccc(CS(=O)(=O)NC)c1)NCCOc1ccccc1. The van der Waals surface area contributed by atoms with E-state index in [2.05, 4.69) is 20.3 Å². The molecule has 0 aromatic heterocycles. The molecule has 0 atom stereocenters. The predicted octanol–water partition coefficient (Wildman–Crippen LogP) is 1.87. The molecule has 0 spiro atoms. The Hall–Kier alpha value is -2.58. The van der Waals surface area contributed by atoms with Gasteiger partial charge in [0.2, 0.25) is 10.0 Å². The fourth-order valence-electron chi connectivity index (χ4n) is 2.48.